The summed E-state index contributed by atoms with van der Waals surface area (Å²) in [6, 6.07) is 6.98. The Morgan fingerprint density at radius 1 is 1.53 bits per heavy atom. The Labute approximate surface area is 98.5 Å². The van der Waals surface area contributed by atoms with E-state index in [0.29, 0.717) is 17.8 Å². The van der Waals surface area contributed by atoms with E-state index in [4.69, 9.17) is 11.4 Å². The van der Waals surface area contributed by atoms with Crippen molar-refractivity contribution in [1.29, 1.82) is 0 Å². The van der Waals surface area contributed by atoms with Gasteiger partial charge in [0, 0.05) is 6.42 Å². The molecule has 1 aliphatic rings. The number of nitrogens with zero attached hydrogens (tertiary/aromatic N) is 2. The molecule has 0 bridgehead atoms. The van der Waals surface area contributed by atoms with E-state index in [1.807, 2.05) is 0 Å². The number of carbonyl (C=O) groups is 1. The van der Waals surface area contributed by atoms with Gasteiger partial charge in [0.25, 0.3) is 0 Å². The van der Waals surface area contributed by atoms with Gasteiger partial charge in [0.1, 0.15) is 0 Å². The number of ether oxygens (including phenoxy) is 1. The van der Waals surface area contributed by atoms with Crippen molar-refractivity contribution in [3.63, 3.8) is 0 Å². The Morgan fingerprint density at radius 2 is 2.24 bits per heavy atom. The van der Waals surface area contributed by atoms with Crippen LogP contribution in [-0.2, 0) is 14.4 Å². The average Bonchev–Trinajstić information content (AvgIpc) is 2.87. The van der Waals surface area contributed by atoms with E-state index in [-0.39, 0.29) is 0 Å². The van der Waals surface area contributed by atoms with Crippen molar-refractivity contribution in [3.05, 3.63) is 41.2 Å². The molecule has 0 amide bonds. The SMILES string of the molecule is [C-]#[N+]c1ccc(C2=NOC(C(=O)OC)C2)cc1. The van der Waals surface area contributed by atoms with Crippen LogP contribution in [0.5, 0.6) is 0 Å². The van der Waals surface area contributed by atoms with Crippen molar-refractivity contribution in [2.24, 2.45) is 5.16 Å². The first-order valence-corrected chi connectivity index (χ1v) is 5.03. The number of esters is 1. The monoisotopic (exact) mass is 230 g/mol. The topological polar surface area (TPSA) is 52.2 Å². The molecule has 1 unspecified atom stereocenters. The first kappa shape index (κ1) is 11.1. The van der Waals surface area contributed by atoms with Gasteiger partial charge in [-0.15, -0.1) is 0 Å². The molecular weight excluding hydrogens is 220 g/mol. The molecule has 0 fully saturated rings. The largest absolute Gasteiger partial charge is 0.466 e. The molecule has 0 spiro atoms. The average molecular weight is 230 g/mol. The lowest BCUT2D eigenvalue weighted by atomic mass is 10.0. The van der Waals surface area contributed by atoms with Crippen LogP contribution in [0.3, 0.4) is 0 Å². The first-order valence-electron chi connectivity index (χ1n) is 5.03. The van der Waals surface area contributed by atoms with Crippen LogP contribution in [0, 0.1) is 6.57 Å². The summed E-state index contributed by atoms with van der Waals surface area (Å²) in [6.45, 7) is 6.85. The predicted molar refractivity (Wildman–Crippen MR) is 60.7 cm³/mol. The van der Waals surface area contributed by atoms with E-state index in [1.165, 1.54) is 7.11 Å². The number of carbonyl (C=O) groups excluding carboxylic acids is 1. The van der Waals surface area contributed by atoms with Gasteiger partial charge in [-0.1, -0.05) is 29.4 Å². The highest BCUT2D eigenvalue weighted by Crippen LogP contribution is 2.20. The Morgan fingerprint density at radius 3 is 2.82 bits per heavy atom. The van der Waals surface area contributed by atoms with E-state index in [1.54, 1.807) is 24.3 Å². The molecule has 1 aromatic rings. The van der Waals surface area contributed by atoms with Gasteiger partial charge in [0.2, 0.25) is 6.10 Å². The molecule has 5 nitrogen and oxygen atoms in total. The second-order valence-electron chi connectivity index (χ2n) is 3.52. The number of benzene rings is 1. The quantitative estimate of drug-likeness (QED) is 0.576. The Hall–Kier alpha value is -2.35. The standard InChI is InChI=1S/C12H10N2O3/c1-13-9-5-3-8(4-6-9)10-7-11(17-14-10)12(15)16-2/h3-6,11H,7H2,2H3. The van der Waals surface area contributed by atoms with Crippen molar-refractivity contribution in [2.45, 2.75) is 12.5 Å². The van der Waals surface area contributed by atoms with Crippen LogP contribution in [0.1, 0.15) is 12.0 Å². The fraction of sp³-hybridized carbons (Fsp3) is 0.250. The molecule has 86 valence electrons. The number of hydrogen-bond donors (Lipinski definition) is 0. The summed E-state index contributed by atoms with van der Waals surface area (Å²) in [6.07, 6.45) is -0.264. The Balaban J connectivity index is 2.10. The van der Waals surface area contributed by atoms with Gasteiger partial charge in [0.15, 0.2) is 5.69 Å². The second kappa shape index (κ2) is 4.66. The van der Waals surface area contributed by atoms with Crippen LogP contribution >= 0.6 is 0 Å². The third kappa shape index (κ3) is 2.26. The lowest BCUT2D eigenvalue weighted by molar-refractivity contribution is -0.152. The highest BCUT2D eigenvalue weighted by molar-refractivity contribution is 6.03. The van der Waals surface area contributed by atoms with Gasteiger partial charge >= 0.3 is 5.97 Å². The summed E-state index contributed by atoms with van der Waals surface area (Å²) in [5, 5.41) is 3.85. The normalized spacial score (nSPS) is 17.9. The van der Waals surface area contributed by atoms with E-state index in [2.05, 4.69) is 14.7 Å². The van der Waals surface area contributed by atoms with E-state index in [0.717, 1.165) is 5.56 Å². The maximum atomic E-state index is 11.2. The summed E-state index contributed by atoms with van der Waals surface area (Å²) in [5.41, 5.74) is 2.11. The van der Waals surface area contributed by atoms with Gasteiger partial charge < -0.3 is 9.57 Å². The molecule has 1 aromatic carbocycles. The van der Waals surface area contributed by atoms with Crippen LogP contribution in [0.2, 0.25) is 0 Å². The molecule has 0 aliphatic carbocycles. The third-order valence-corrected chi connectivity index (χ3v) is 2.46. The van der Waals surface area contributed by atoms with Crippen molar-refractivity contribution in [3.8, 4) is 0 Å². The zero-order chi connectivity index (χ0) is 12.3. The van der Waals surface area contributed by atoms with Gasteiger partial charge in [-0.05, 0) is 5.56 Å². The lowest BCUT2D eigenvalue weighted by Gasteiger charge is -2.04. The van der Waals surface area contributed by atoms with Crippen LogP contribution in [-0.4, -0.2) is 24.9 Å². The van der Waals surface area contributed by atoms with Crippen LogP contribution in [0.25, 0.3) is 4.85 Å². The maximum absolute atomic E-state index is 11.2. The molecular formula is C12H10N2O3. The van der Waals surface area contributed by atoms with E-state index >= 15 is 0 Å². The van der Waals surface area contributed by atoms with Crippen molar-refractivity contribution >= 4 is 17.4 Å². The van der Waals surface area contributed by atoms with Crippen LogP contribution < -0.4 is 0 Å². The zero-order valence-corrected chi connectivity index (χ0v) is 9.21. The molecule has 2 rings (SSSR count). The molecule has 1 heterocycles. The molecule has 0 aromatic heterocycles. The summed E-state index contributed by atoms with van der Waals surface area (Å²) < 4.78 is 4.58. The minimum Gasteiger partial charge on any atom is -0.466 e. The third-order valence-electron chi connectivity index (χ3n) is 2.46. The number of oxime groups is 1. The minimum absolute atomic E-state index is 0.393. The molecule has 0 saturated heterocycles. The van der Waals surface area contributed by atoms with Crippen LogP contribution in [0.4, 0.5) is 5.69 Å². The summed E-state index contributed by atoms with van der Waals surface area (Å²) in [4.78, 5) is 19.5. The van der Waals surface area contributed by atoms with Crippen molar-refractivity contribution < 1.29 is 14.4 Å². The Kier molecular flexibility index (Phi) is 3.06. The van der Waals surface area contributed by atoms with Gasteiger partial charge in [-0.2, -0.15) is 0 Å². The smallest absolute Gasteiger partial charge is 0.350 e. The van der Waals surface area contributed by atoms with Gasteiger partial charge in [-0.25, -0.2) is 9.64 Å². The number of methoxy groups -OCH3 is 1. The van der Waals surface area contributed by atoms with E-state index < -0.39 is 12.1 Å². The Bertz CT molecular complexity index is 499. The first-order chi connectivity index (χ1) is 8.24. The number of hydrogen-bond acceptors (Lipinski definition) is 4. The fourth-order valence-corrected chi connectivity index (χ4v) is 1.53. The van der Waals surface area contributed by atoms with Gasteiger partial charge in [-0.3, -0.25) is 0 Å². The van der Waals surface area contributed by atoms with Gasteiger partial charge in [0.05, 0.1) is 19.4 Å². The lowest BCUT2D eigenvalue weighted by Crippen LogP contribution is -2.22. The summed E-state index contributed by atoms with van der Waals surface area (Å²) in [5.74, 6) is -0.429. The van der Waals surface area contributed by atoms with Crippen molar-refractivity contribution in [1.82, 2.24) is 0 Å². The summed E-state index contributed by atoms with van der Waals surface area (Å²) in [7, 11) is 1.31. The molecule has 0 N–H and O–H groups in total. The van der Waals surface area contributed by atoms with Crippen molar-refractivity contribution in [2.75, 3.05) is 7.11 Å². The second-order valence-corrected chi connectivity index (χ2v) is 3.52. The molecule has 0 saturated carbocycles. The maximum Gasteiger partial charge on any atom is 0.350 e. The number of rotatable bonds is 2. The molecule has 5 heteroatoms. The predicted octanol–water partition coefficient (Wildman–Crippen LogP) is 1.90. The highest BCUT2D eigenvalue weighted by Gasteiger charge is 2.29. The minimum atomic E-state index is -0.657. The molecule has 1 atom stereocenters. The molecule has 0 radical (unpaired) electrons. The summed E-state index contributed by atoms with van der Waals surface area (Å²) >= 11 is 0. The highest BCUT2D eigenvalue weighted by atomic mass is 16.7. The molecule has 17 heavy (non-hydrogen) atoms. The van der Waals surface area contributed by atoms with Crippen LogP contribution in [0.15, 0.2) is 29.4 Å². The van der Waals surface area contributed by atoms with E-state index in [9.17, 15) is 4.79 Å². The fourth-order valence-electron chi connectivity index (χ4n) is 1.53. The zero-order valence-electron chi connectivity index (χ0n) is 9.21. The molecule has 1 aliphatic heterocycles.